The van der Waals surface area contributed by atoms with Crippen LogP contribution in [-0.2, 0) is 10.5 Å². The van der Waals surface area contributed by atoms with Crippen LogP contribution in [0.3, 0.4) is 0 Å². The quantitative estimate of drug-likeness (QED) is 0.688. The first-order chi connectivity index (χ1) is 6.55. The fraction of sp³-hybridized carbons (Fsp3) is 0.364. The molecule has 1 heterocycles. The Morgan fingerprint density at radius 3 is 2.64 bits per heavy atom. The normalized spacial score (nSPS) is 25.0. The van der Waals surface area contributed by atoms with Crippen molar-refractivity contribution in [3.63, 3.8) is 0 Å². The summed E-state index contributed by atoms with van der Waals surface area (Å²) in [5, 5.41) is 10.1. The van der Waals surface area contributed by atoms with Gasteiger partial charge in [-0.25, -0.2) is 4.79 Å². The van der Waals surface area contributed by atoms with E-state index in [0.29, 0.717) is 11.1 Å². The van der Waals surface area contributed by atoms with Crippen molar-refractivity contribution in [1.29, 1.82) is 0 Å². The van der Waals surface area contributed by atoms with E-state index in [9.17, 15) is 9.90 Å². The molecule has 1 aliphatic rings. The molecule has 0 spiro atoms. The molecule has 0 fully saturated rings. The highest BCUT2D eigenvalue weighted by molar-refractivity contribution is 5.94. The number of fused-ring (bicyclic) bond motifs is 1. The Bertz CT molecular complexity index is 384. The van der Waals surface area contributed by atoms with Crippen molar-refractivity contribution in [3.8, 4) is 0 Å². The minimum Gasteiger partial charge on any atom is -0.425 e. The largest absolute Gasteiger partial charge is 0.425 e. The van der Waals surface area contributed by atoms with Crippen LogP contribution in [0.5, 0.6) is 0 Å². The standard InChI is InChI=1S/C11H12O3/c1-7(2)11(13)9-6-4-3-5-8(9)10(12)14-11/h3-7,13H,1-2H3/t11-/m1/s1. The van der Waals surface area contributed by atoms with Gasteiger partial charge in [0.1, 0.15) is 0 Å². The Balaban J connectivity index is 2.59. The monoisotopic (exact) mass is 192 g/mol. The zero-order valence-electron chi connectivity index (χ0n) is 8.15. The topological polar surface area (TPSA) is 46.5 Å². The zero-order chi connectivity index (χ0) is 10.3. The Kier molecular flexibility index (Phi) is 1.86. The summed E-state index contributed by atoms with van der Waals surface area (Å²) < 4.78 is 5.00. The summed E-state index contributed by atoms with van der Waals surface area (Å²) in [6.45, 7) is 3.63. The summed E-state index contributed by atoms with van der Waals surface area (Å²) in [5.74, 6) is -2.06. The van der Waals surface area contributed by atoms with Gasteiger partial charge in [0.05, 0.1) is 5.56 Å². The number of hydrogen-bond acceptors (Lipinski definition) is 3. The first kappa shape index (κ1) is 9.21. The van der Waals surface area contributed by atoms with Crippen molar-refractivity contribution in [2.45, 2.75) is 19.6 Å². The van der Waals surface area contributed by atoms with Gasteiger partial charge < -0.3 is 9.84 Å². The number of ether oxygens (including phenoxy) is 1. The van der Waals surface area contributed by atoms with E-state index >= 15 is 0 Å². The number of cyclic esters (lactones) is 1. The Hall–Kier alpha value is -1.35. The highest BCUT2D eigenvalue weighted by Gasteiger charge is 2.46. The van der Waals surface area contributed by atoms with Gasteiger partial charge in [-0.3, -0.25) is 0 Å². The molecule has 3 nitrogen and oxygen atoms in total. The zero-order valence-corrected chi connectivity index (χ0v) is 8.15. The molecule has 0 amide bonds. The van der Waals surface area contributed by atoms with E-state index in [4.69, 9.17) is 4.74 Å². The first-order valence-corrected chi connectivity index (χ1v) is 4.61. The maximum absolute atomic E-state index is 11.4. The van der Waals surface area contributed by atoms with E-state index < -0.39 is 11.8 Å². The minimum atomic E-state index is -1.45. The summed E-state index contributed by atoms with van der Waals surface area (Å²) in [5.41, 5.74) is 1.03. The van der Waals surface area contributed by atoms with Crippen molar-refractivity contribution in [1.82, 2.24) is 0 Å². The highest BCUT2D eigenvalue weighted by Crippen LogP contribution is 2.39. The first-order valence-electron chi connectivity index (χ1n) is 4.61. The Labute approximate surface area is 82.3 Å². The molecule has 0 bridgehead atoms. The molecule has 1 atom stereocenters. The van der Waals surface area contributed by atoms with Crippen LogP contribution in [0.15, 0.2) is 24.3 Å². The fourth-order valence-corrected chi connectivity index (χ4v) is 1.65. The van der Waals surface area contributed by atoms with Crippen LogP contribution in [-0.4, -0.2) is 11.1 Å². The third-order valence-corrected chi connectivity index (χ3v) is 2.56. The smallest absolute Gasteiger partial charge is 0.341 e. The lowest BCUT2D eigenvalue weighted by atomic mass is 9.93. The van der Waals surface area contributed by atoms with Gasteiger partial charge in [0.2, 0.25) is 5.79 Å². The van der Waals surface area contributed by atoms with E-state index in [-0.39, 0.29) is 5.92 Å². The maximum Gasteiger partial charge on any atom is 0.341 e. The molecule has 0 aliphatic carbocycles. The molecule has 2 rings (SSSR count). The van der Waals surface area contributed by atoms with Crippen molar-refractivity contribution in [2.75, 3.05) is 0 Å². The average molecular weight is 192 g/mol. The summed E-state index contributed by atoms with van der Waals surface area (Å²) >= 11 is 0. The Morgan fingerprint density at radius 2 is 2.00 bits per heavy atom. The predicted molar refractivity (Wildman–Crippen MR) is 50.6 cm³/mol. The van der Waals surface area contributed by atoms with Crippen LogP contribution in [0.4, 0.5) is 0 Å². The molecule has 0 saturated heterocycles. The molecule has 74 valence electrons. The second-order valence-corrected chi connectivity index (χ2v) is 3.79. The molecule has 0 saturated carbocycles. The fourth-order valence-electron chi connectivity index (χ4n) is 1.65. The molecule has 0 aromatic heterocycles. The van der Waals surface area contributed by atoms with E-state index in [1.165, 1.54) is 0 Å². The van der Waals surface area contributed by atoms with Crippen LogP contribution in [0, 0.1) is 5.92 Å². The minimum absolute atomic E-state index is 0.157. The van der Waals surface area contributed by atoms with Crippen LogP contribution in [0.25, 0.3) is 0 Å². The van der Waals surface area contributed by atoms with E-state index in [2.05, 4.69) is 0 Å². The van der Waals surface area contributed by atoms with Gasteiger partial charge in [-0.1, -0.05) is 32.0 Å². The molecule has 1 N–H and O–H groups in total. The lowest BCUT2D eigenvalue weighted by molar-refractivity contribution is -0.193. The van der Waals surface area contributed by atoms with E-state index in [1.807, 2.05) is 13.8 Å². The molecule has 1 aromatic carbocycles. The summed E-state index contributed by atoms with van der Waals surface area (Å²) in [7, 11) is 0. The third-order valence-electron chi connectivity index (χ3n) is 2.56. The molecular formula is C11H12O3. The van der Waals surface area contributed by atoms with Crippen LogP contribution in [0.1, 0.15) is 29.8 Å². The van der Waals surface area contributed by atoms with Crippen LogP contribution < -0.4 is 0 Å². The molecule has 1 aliphatic heterocycles. The van der Waals surface area contributed by atoms with Gasteiger partial charge >= 0.3 is 5.97 Å². The van der Waals surface area contributed by atoms with Gasteiger partial charge in [-0.05, 0) is 6.07 Å². The molecule has 0 unspecified atom stereocenters. The second-order valence-electron chi connectivity index (χ2n) is 3.79. The van der Waals surface area contributed by atoms with Gasteiger partial charge in [0.15, 0.2) is 0 Å². The Morgan fingerprint density at radius 1 is 1.36 bits per heavy atom. The van der Waals surface area contributed by atoms with Crippen molar-refractivity contribution in [3.05, 3.63) is 35.4 Å². The maximum atomic E-state index is 11.4. The van der Waals surface area contributed by atoms with Crippen molar-refractivity contribution in [2.24, 2.45) is 5.92 Å². The summed E-state index contributed by atoms with van der Waals surface area (Å²) in [6, 6.07) is 6.93. The molecule has 14 heavy (non-hydrogen) atoms. The number of rotatable bonds is 1. The van der Waals surface area contributed by atoms with Crippen LogP contribution >= 0.6 is 0 Å². The second kappa shape index (κ2) is 2.82. The number of benzene rings is 1. The molecular weight excluding hydrogens is 180 g/mol. The van der Waals surface area contributed by atoms with Crippen molar-refractivity contribution >= 4 is 5.97 Å². The number of carbonyl (C=O) groups is 1. The van der Waals surface area contributed by atoms with Gasteiger partial charge in [0.25, 0.3) is 0 Å². The number of carbonyl (C=O) groups excluding carboxylic acids is 1. The van der Waals surface area contributed by atoms with Gasteiger partial charge in [0, 0.05) is 11.5 Å². The number of aliphatic hydroxyl groups is 1. The van der Waals surface area contributed by atoms with E-state index in [1.54, 1.807) is 24.3 Å². The molecule has 3 heteroatoms. The third kappa shape index (κ3) is 1.06. The summed E-state index contributed by atoms with van der Waals surface area (Å²) in [6.07, 6.45) is 0. The predicted octanol–water partition coefficient (Wildman–Crippen LogP) is 1.66. The number of esters is 1. The SMILES string of the molecule is CC(C)[C@@]1(O)OC(=O)c2ccccc21. The molecule has 0 radical (unpaired) electrons. The lowest BCUT2D eigenvalue weighted by Gasteiger charge is -2.26. The van der Waals surface area contributed by atoms with E-state index in [0.717, 1.165) is 0 Å². The highest BCUT2D eigenvalue weighted by atomic mass is 16.7. The molecule has 1 aromatic rings. The number of hydrogen-bond donors (Lipinski definition) is 1. The summed E-state index contributed by atoms with van der Waals surface area (Å²) in [4.78, 5) is 11.4. The lowest BCUT2D eigenvalue weighted by Crippen LogP contribution is -2.31. The van der Waals surface area contributed by atoms with Crippen LogP contribution in [0.2, 0.25) is 0 Å². The average Bonchev–Trinajstić information content (AvgIpc) is 2.42. The van der Waals surface area contributed by atoms with Gasteiger partial charge in [-0.15, -0.1) is 0 Å². The van der Waals surface area contributed by atoms with Gasteiger partial charge in [-0.2, -0.15) is 0 Å². The van der Waals surface area contributed by atoms with Crippen molar-refractivity contribution < 1.29 is 14.6 Å².